The van der Waals surface area contributed by atoms with Gasteiger partial charge in [-0.2, -0.15) is 5.10 Å². The van der Waals surface area contributed by atoms with Gasteiger partial charge in [-0.15, -0.1) is 0 Å². The molecular formula is C15H14Cl2N4O2S. The highest BCUT2D eigenvalue weighted by Gasteiger charge is 2.20. The van der Waals surface area contributed by atoms with Crippen LogP contribution < -0.4 is 4.72 Å². The van der Waals surface area contributed by atoms with E-state index in [9.17, 15) is 8.42 Å². The molecule has 9 heteroatoms. The van der Waals surface area contributed by atoms with Crippen molar-refractivity contribution in [1.82, 2.24) is 14.8 Å². The van der Waals surface area contributed by atoms with Crippen LogP contribution in [0.25, 0.3) is 11.0 Å². The number of hydrogen-bond donors (Lipinski definition) is 1. The monoisotopic (exact) mass is 384 g/mol. The number of halogens is 2. The topological polar surface area (TPSA) is 76.9 Å². The molecule has 0 spiro atoms. The van der Waals surface area contributed by atoms with E-state index in [4.69, 9.17) is 23.2 Å². The number of nitrogens with one attached hydrogen (secondary N) is 1. The van der Waals surface area contributed by atoms with Gasteiger partial charge in [0.05, 0.1) is 28.1 Å². The van der Waals surface area contributed by atoms with Crippen molar-refractivity contribution in [3.05, 3.63) is 46.7 Å². The number of benzene rings is 1. The van der Waals surface area contributed by atoms with Crippen molar-refractivity contribution in [3.8, 4) is 0 Å². The van der Waals surface area contributed by atoms with Crippen LogP contribution in [0.3, 0.4) is 0 Å². The number of aromatic nitrogens is 3. The van der Waals surface area contributed by atoms with Crippen molar-refractivity contribution in [2.45, 2.75) is 24.8 Å². The third kappa shape index (κ3) is 3.07. The Morgan fingerprint density at radius 1 is 1.21 bits per heavy atom. The van der Waals surface area contributed by atoms with E-state index >= 15 is 0 Å². The van der Waals surface area contributed by atoms with Crippen LogP contribution in [-0.2, 0) is 10.0 Å². The number of rotatable bonds is 4. The van der Waals surface area contributed by atoms with Gasteiger partial charge >= 0.3 is 0 Å². The van der Waals surface area contributed by atoms with Crippen LogP contribution in [0.5, 0.6) is 0 Å². The summed E-state index contributed by atoms with van der Waals surface area (Å²) in [7, 11) is -3.88. The molecule has 0 atom stereocenters. The lowest BCUT2D eigenvalue weighted by atomic mass is 10.3. The molecule has 0 radical (unpaired) electrons. The zero-order valence-electron chi connectivity index (χ0n) is 12.9. The summed E-state index contributed by atoms with van der Waals surface area (Å²) < 4.78 is 29.3. The molecule has 3 rings (SSSR count). The third-order valence-electron chi connectivity index (χ3n) is 3.38. The lowest BCUT2D eigenvalue weighted by molar-refractivity contribution is 0.546. The fraction of sp³-hybridized carbons (Fsp3) is 0.200. The molecule has 0 aliphatic carbocycles. The van der Waals surface area contributed by atoms with Gasteiger partial charge in [-0.1, -0.05) is 29.3 Å². The maximum absolute atomic E-state index is 12.5. The summed E-state index contributed by atoms with van der Waals surface area (Å²) in [5, 5.41) is 5.14. The van der Waals surface area contributed by atoms with E-state index in [2.05, 4.69) is 14.8 Å². The normalized spacial score (nSPS) is 12.0. The number of sulfonamides is 1. The van der Waals surface area contributed by atoms with E-state index in [0.29, 0.717) is 11.3 Å². The van der Waals surface area contributed by atoms with E-state index in [1.807, 2.05) is 13.8 Å². The summed E-state index contributed by atoms with van der Waals surface area (Å²) in [5.41, 5.74) is 1.01. The molecule has 2 heterocycles. The Balaban J connectivity index is 1.98. The van der Waals surface area contributed by atoms with Crippen LogP contribution in [0.4, 0.5) is 5.69 Å². The minimum atomic E-state index is -3.88. The largest absolute Gasteiger partial charge is 0.278 e. The minimum Gasteiger partial charge on any atom is -0.278 e. The standard InChI is InChI=1S/C15H14Cl2N4O2S/c1-9(2)21-15-10(7-19-21)6-11(8-18-15)20-24(22,23)13-5-3-4-12(16)14(13)17/h3-9,20H,1-2H3. The summed E-state index contributed by atoms with van der Waals surface area (Å²) in [6.45, 7) is 3.98. The van der Waals surface area contributed by atoms with Crippen LogP contribution in [0, 0.1) is 0 Å². The quantitative estimate of drug-likeness (QED) is 0.733. The van der Waals surface area contributed by atoms with Gasteiger partial charge in [0.1, 0.15) is 4.90 Å². The Labute approximate surface area is 149 Å². The second-order valence-electron chi connectivity index (χ2n) is 5.48. The Bertz CT molecular complexity index is 1020. The molecule has 1 N–H and O–H groups in total. The zero-order chi connectivity index (χ0) is 17.5. The van der Waals surface area contributed by atoms with Crippen molar-refractivity contribution in [3.63, 3.8) is 0 Å². The second-order valence-corrected chi connectivity index (χ2v) is 7.91. The van der Waals surface area contributed by atoms with Crippen molar-refractivity contribution < 1.29 is 8.42 Å². The fourth-order valence-corrected chi connectivity index (χ4v) is 4.07. The molecule has 0 fully saturated rings. The van der Waals surface area contributed by atoms with Crippen LogP contribution in [0.1, 0.15) is 19.9 Å². The van der Waals surface area contributed by atoms with Crippen LogP contribution >= 0.6 is 23.2 Å². The number of anilines is 1. The van der Waals surface area contributed by atoms with Gasteiger partial charge in [-0.05, 0) is 32.0 Å². The van der Waals surface area contributed by atoms with Gasteiger partial charge in [-0.25, -0.2) is 18.1 Å². The molecule has 0 aliphatic heterocycles. The highest BCUT2D eigenvalue weighted by Crippen LogP contribution is 2.30. The predicted octanol–water partition coefficient (Wildman–Crippen LogP) is 4.12. The maximum Gasteiger partial charge on any atom is 0.263 e. The van der Waals surface area contributed by atoms with Gasteiger partial charge in [0.15, 0.2) is 5.65 Å². The van der Waals surface area contributed by atoms with Crippen LogP contribution in [0.15, 0.2) is 41.6 Å². The fourth-order valence-electron chi connectivity index (χ4n) is 2.28. The molecule has 3 aromatic rings. The lowest BCUT2D eigenvalue weighted by Crippen LogP contribution is -2.14. The summed E-state index contributed by atoms with van der Waals surface area (Å²) in [4.78, 5) is 4.21. The summed E-state index contributed by atoms with van der Waals surface area (Å²) in [5.74, 6) is 0. The average Bonchev–Trinajstić information content (AvgIpc) is 2.92. The molecule has 24 heavy (non-hydrogen) atoms. The van der Waals surface area contributed by atoms with Gasteiger partial charge in [0.2, 0.25) is 0 Å². The maximum atomic E-state index is 12.5. The van der Waals surface area contributed by atoms with Gasteiger partial charge in [0.25, 0.3) is 10.0 Å². The molecule has 0 saturated heterocycles. The molecular weight excluding hydrogens is 371 g/mol. The molecule has 0 unspecified atom stereocenters. The van der Waals surface area contributed by atoms with Gasteiger partial charge in [-0.3, -0.25) is 4.72 Å². The predicted molar refractivity (Wildman–Crippen MR) is 95.2 cm³/mol. The van der Waals surface area contributed by atoms with Crippen molar-refractivity contribution >= 4 is 49.9 Å². The first-order valence-electron chi connectivity index (χ1n) is 7.09. The minimum absolute atomic E-state index is 0.0201. The number of hydrogen-bond acceptors (Lipinski definition) is 4. The Morgan fingerprint density at radius 3 is 2.67 bits per heavy atom. The average molecular weight is 385 g/mol. The van der Waals surface area contributed by atoms with E-state index in [0.717, 1.165) is 5.39 Å². The van der Waals surface area contributed by atoms with Crippen LogP contribution in [-0.4, -0.2) is 23.2 Å². The van der Waals surface area contributed by atoms with Gasteiger partial charge < -0.3 is 0 Å². The zero-order valence-corrected chi connectivity index (χ0v) is 15.2. The first-order chi connectivity index (χ1) is 11.3. The second kappa shape index (κ2) is 6.23. The smallest absolute Gasteiger partial charge is 0.263 e. The SMILES string of the molecule is CC(C)n1ncc2cc(NS(=O)(=O)c3cccc(Cl)c3Cl)cnc21. The number of fused-ring (bicyclic) bond motifs is 1. The summed E-state index contributed by atoms with van der Waals surface area (Å²) in [6, 6.07) is 6.26. The first-order valence-corrected chi connectivity index (χ1v) is 9.33. The summed E-state index contributed by atoms with van der Waals surface area (Å²) in [6.07, 6.45) is 3.09. The Morgan fingerprint density at radius 2 is 1.96 bits per heavy atom. The van der Waals surface area contributed by atoms with E-state index in [1.165, 1.54) is 24.4 Å². The van der Waals surface area contributed by atoms with Crippen molar-refractivity contribution in [2.24, 2.45) is 0 Å². The molecule has 0 bridgehead atoms. The first kappa shape index (κ1) is 17.0. The number of pyridine rings is 1. The molecule has 1 aromatic carbocycles. The highest BCUT2D eigenvalue weighted by molar-refractivity contribution is 7.92. The molecule has 2 aromatic heterocycles. The number of nitrogens with zero attached hydrogens (tertiary/aromatic N) is 3. The van der Waals surface area contributed by atoms with Crippen molar-refractivity contribution in [2.75, 3.05) is 4.72 Å². The Hall–Kier alpha value is -1.83. The molecule has 126 valence electrons. The Kier molecular flexibility index (Phi) is 4.42. The van der Waals surface area contributed by atoms with E-state index < -0.39 is 10.0 Å². The van der Waals surface area contributed by atoms with Crippen LogP contribution in [0.2, 0.25) is 10.0 Å². The van der Waals surface area contributed by atoms with E-state index in [1.54, 1.807) is 16.9 Å². The molecule has 0 aliphatic rings. The highest BCUT2D eigenvalue weighted by atomic mass is 35.5. The molecule has 6 nitrogen and oxygen atoms in total. The van der Waals surface area contributed by atoms with E-state index in [-0.39, 0.29) is 21.0 Å². The summed E-state index contributed by atoms with van der Waals surface area (Å²) >= 11 is 11.9. The van der Waals surface area contributed by atoms with Gasteiger partial charge in [0, 0.05) is 11.4 Å². The lowest BCUT2D eigenvalue weighted by Gasteiger charge is -2.10. The van der Waals surface area contributed by atoms with Crippen molar-refractivity contribution in [1.29, 1.82) is 0 Å². The molecule has 0 saturated carbocycles. The molecule has 0 amide bonds. The third-order valence-corrected chi connectivity index (χ3v) is 5.74.